The Bertz CT molecular complexity index is 1080. The molecule has 0 aliphatic carbocycles. The standard InChI is InChI=1S/C27H29N3O3S/c1-33-24-13-7-21(8-14-24)19-27(32)30-17-15-29(16-18-30)23-11-9-22(10-12-23)28-26(31)20-34-25-5-3-2-4-6-25/h2-14H,15-20H2,1H3,(H,28,31). The summed E-state index contributed by atoms with van der Waals surface area (Å²) in [6, 6.07) is 25.5. The number of ether oxygens (including phenoxy) is 1. The molecule has 0 spiro atoms. The van der Waals surface area contributed by atoms with Gasteiger partial charge in [0.05, 0.1) is 19.3 Å². The van der Waals surface area contributed by atoms with Crippen LogP contribution in [0.4, 0.5) is 11.4 Å². The third kappa shape index (κ3) is 6.54. The second-order valence-electron chi connectivity index (χ2n) is 8.09. The van der Waals surface area contributed by atoms with Crippen molar-refractivity contribution in [2.75, 3.05) is 49.3 Å². The van der Waals surface area contributed by atoms with Gasteiger partial charge in [-0.05, 0) is 54.1 Å². The van der Waals surface area contributed by atoms with Gasteiger partial charge in [0.1, 0.15) is 5.75 Å². The Morgan fingerprint density at radius 2 is 1.56 bits per heavy atom. The van der Waals surface area contributed by atoms with Gasteiger partial charge < -0.3 is 19.9 Å². The van der Waals surface area contributed by atoms with E-state index in [1.54, 1.807) is 7.11 Å². The second kappa shape index (κ2) is 11.6. The van der Waals surface area contributed by atoms with Crippen LogP contribution in [0.25, 0.3) is 0 Å². The molecule has 34 heavy (non-hydrogen) atoms. The molecular formula is C27H29N3O3S. The van der Waals surface area contributed by atoms with E-state index in [0.29, 0.717) is 25.3 Å². The molecule has 0 radical (unpaired) electrons. The van der Waals surface area contributed by atoms with Crippen LogP contribution in [0.3, 0.4) is 0 Å². The lowest BCUT2D eigenvalue weighted by atomic mass is 10.1. The largest absolute Gasteiger partial charge is 0.497 e. The number of piperazine rings is 1. The number of methoxy groups -OCH3 is 1. The van der Waals surface area contributed by atoms with E-state index in [1.165, 1.54) is 11.8 Å². The summed E-state index contributed by atoms with van der Waals surface area (Å²) in [5.41, 5.74) is 2.88. The molecule has 1 N–H and O–H groups in total. The first kappa shape index (κ1) is 23.7. The molecular weight excluding hydrogens is 446 g/mol. The van der Waals surface area contributed by atoms with Gasteiger partial charge in [0, 0.05) is 42.4 Å². The Balaban J connectivity index is 1.22. The molecule has 0 unspecified atom stereocenters. The molecule has 1 aliphatic rings. The minimum absolute atomic E-state index is 0.0226. The van der Waals surface area contributed by atoms with Crippen molar-refractivity contribution in [2.45, 2.75) is 11.3 Å². The molecule has 1 saturated heterocycles. The summed E-state index contributed by atoms with van der Waals surface area (Å²) in [5, 5.41) is 2.96. The molecule has 6 nitrogen and oxygen atoms in total. The third-order valence-corrected chi connectivity index (χ3v) is 6.79. The van der Waals surface area contributed by atoms with Crippen LogP contribution in [0.2, 0.25) is 0 Å². The SMILES string of the molecule is COc1ccc(CC(=O)N2CCN(c3ccc(NC(=O)CSc4ccccc4)cc3)CC2)cc1. The predicted molar refractivity (Wildman–Crippen MR) is 138 cm³/mol. The first-order valence-corrected chi connectivity index (χ1v) is 12.3. The molecule has 176 valence electrons. The van der Waals surface area contributed by atoms with E-state index in [2.05, 4.69) is 10.2 Å². The predicted octanol–water partition coefficient (Wildman–Crippen LogP) is 4.32. The van der Waals surface area contributed by atoms with Gasteiger partial charge >= 0.3 is 0 Å². The zero-order chi connectivity index (χ0) is 23.8. The molecule has 0 bridgehead atoms. The van der Waals surface area contributed by atoms with Crippen LogP contribution in [-0.2, 0) is 16.0 Å². The van der Waals surface area contributed by atoms with E-state index in [4.69, 9.17) is 4.74 Å². The average molecular weight is 476 g/mol. The summed E-state index contributed by atoms with van der Waals surface area (Å²) in [4.78, 5) is 30.2. The van der Waals surface area contributed by atoms with Crippen LogP contribution in [0.1, 0.15) is 5.56 Å². The summed E-state index contributed by atoms with van der Waals surface area (Å²) >= 11 is 1.52. The third-order valence-electron chi connectivity index (χ3n) is 5.78. The van der Waals surface area contributed by atoms with Crippen molar-refractivity contribution in [3.05, 3.63) is 84.4 Å². The van der Waals surface area contributed by atoms with Crippen LogP contribution >= 0.6 is 11.8 Å². The highest BCUT2D eigenvalue weighted by Crippen LogP contribution is 2.21. The zero-order valence-corrected chi connectivity index (χ0v) is 20.1. The van der Waals surface area contributed by atoms with Gasteiger partial charge in [-0.3, -0.25) is 9.59 Å². The van der Waals surface area contributed by atoms with Crippen LogP contribution in [0.5, 0.6) is 5.75 Å². The van der Waals surface area contributed by atoms with Crippen molar-refractivity contribution in [3.8, 4) is 5.75 Å². The van der Waals surface area contributed by atoms with Crippen molar-refractivity contribution >= 4 is 35.0 Å². The average Bonchev–Trinajstić information content (AvgIpc) is 2.89. The van der Waals surface area contributed by atoms with E-state index < -0.39 is 0 Å². The highest BCUT2D eigenvalue weighted by Gasteiger charge is 2.21. The molecule has 1 heterocycles. The monoisotopic (exact) mass is 475 g/mol. The van der Waals surface area contributed by atoms with Crippen molar-refractivity contribution in [1.29, 1.82) is 0 Å². The molecule has 0 saturated carbocycles. The fraction of sp³-hybridized carbons (Fsp3) is 0.259. The van der Waals surface area contributed by atoms with E-state index in [9.17, 15) is 9.59 Å². The molecule has 2 amide bonds. The van der Waals surface area contributed by atoms with Crippen molar-refractivity contribution in [2.24, 2.45) is 0 Å². The molecule has 3 aromatic rings. The Kier molecular flexibility index (Phi) is 8.09. The Morgan fingerprint density at radius 3 is 2.21 bits per heavy atom. The van der Waals surface area contributed by atoms with E-state index >= 15 is 0 Å². The van der Waals surface area contributed by atoms with Gasteiger partial charge in [0.15, 0.2) is 0 Å². The number of rotatable bonds is 8. The summed E-state index contributed by atoms with van der Waals surface area (Å²) in [6.07, 6.45) is 0.404. The minimum atomic E-state index is -0.0226. The normalized spacial score (nSPS) is 13.4. The summed E-state index contributed by atoms with van der Waals surface area (Å²) in [5.74, 6) is 1.29. The first-order valence-electron chi connectivity index (χ1n) is 11.3. The number of nitrogens with zero attached hydrogens (tertiary/aromatic N) is 2. The number of benzene rings is 3. The quantitative estimate of drug-likeness (QED) is 0.492. The maximum atomic E-state index is 12.7. The number of anilines is 2. The topological polar surface area (TPSA) is 61.9 Å². The molecule has 3 aromatic carbocycles. The molecule has 0 aromatic heterocycles. The maximum absolute atomic E-state index is 12.7. The number of carbonyl (C=O) groups excluding carboxylic acids is 2. The van der Waals surface area contributed by atoms with Crippen LogP contribution in [-0.4, -0.2) is 55.8 Å². The van der Waals surface area contributed by atoms with Gasteiger partial charge in [0.2, 0.25) is 11.8 Å². The number of nitrogens with one attached hydrogen (secondary N) is 1. The van der Waals surface area contributed by atoms with Gasteiger partial charge in [0.25, 0.3) is 0 Å². The highest BCUT2D eigenvalue weighted by molar-refractivity contribution is 8.00. The number of amides is 2. The number of hydrogen-bond acceptors (Lipinski definition) is 5. The molecule has 4 rings (SSSR count). The van der Waals surface area contributed by atoms with Gasteiger partial charge in [-0.15, -0.1) is 11.8 Å². The zero-order valence-electron chi connectivity index (χ0n) is 19.3. The highest BCUT2D eigenvalue weighted by atomic mass is 32.2. The van der Waals surface area contributed by atoms with Gasteiger partial charge in [-0.2, -0.15) is 0 Å². The molecule has 0 atom stereocenters. The summed E-state index contributed by atoms with van der Waals surface area (Å²) < 4.78 is 5.18. The lowest BCUT2D eigenvalue weighted by Gasteiger charge is -2.36. The molecule has 1 aliphatic heterocycles. The van der Waals surface area contributed by atoms with Gasteiger partial charge in [-0.25, -0.2) is 0 Å². The molecule has 7 heteroatoms. The number of hydrogen-bond donors (Lipinski definition) is 1. The van der Waals surface area contributed by atoms with Crippen molar-refractivity contribution in [3.63, 3.8) is 0 Å². The van der Waals surface area contributed by atoms with E-state index in [-0.39, 0.29) is 11.8 Å². The Labute approximate surface area is 204 Å². The second-order valence-corrected chi connectivity index (χ2v) is 9.14. The van der Waals surface area contributed by atoms with Gasteiger partial charge in [-0.1, -0.05) is 30.3 Å². The maximum Gasteiger partial charge on any atom is 0.234 e. The Morgan fingerprint density at radius 1 is 0.882 bits per heavy atom. The fourth-order valence-corrected chi connectivity index (χ4v) is 4.58. The van der Waals surface area contributed by atoms with Crippen LogP contribution < -0.4 is 15.0 Å². The Hall–Kier alpha value is -3.45. The minimum Gasteiger partial charge on any atom is -0.497 e. The van der Waals surface area contributed by atoms with E-state index in [0.717, 1.165) is 40.7 Å². The smallest absolute Gasteiger partial charge is 0.234 e. The summed E-state index contributed by atoms with van der Waals surface area (Å²) in [7, 11) is 1.63. The van der Waals surface area contributed by atoms with Crippen LogP contribution in [0.15, 0.2) is 83.8 Å². The van der Waals surface area contributed by atoms with E-state index in [1.807, 2.05) is 83.8 Å². The lowest BCUT2D eigenvalue weighted by Crippen LogP contribution is -2.49. The first-order chi connectivity index (χ1) is 16.6. The fourth-order valence-electron chi connectivity index (χ4n) is 3.86. The number of thioether (sulfide) groups is 1. The lowest BCUT2D eigenvalue weighted by molar-refractivity contribution is -0.130. The van der Waals surface area contributed by atoms with Crippen LogP contribution in [0, 0.1) is 0 Å². The molecule has 1 fully saturated rings. The van der Waals surface area contributed by atoms with Crippen molar-refractivity contribution < 1.29 is 14.3 Å². The number of carbonyl (C=O) groups is 2. The van der Waals surface area contributed by atoms with Crippen molar-refractivity contribution in [1.82, 2.24) is 4.90 Å². The summed E-state index contributed by atoms with van der Waals surface area (Å²) in [6.45, 7) is 2.97.